The van der Waals surface area contributed by atoms with Gasteiger partial charge in [-0.05, 0) is 24.6 Å². The summed E-state index contributed by atoms with van der Waals surface area (Å²) in [7, 11) is 0. The van der Waals surface area contributed by atoms with Gasteiger partial charge in [-0.15, -0.1) is 0 Å². The third-order valence-corrected chi connectivity index (χ3v) is 4.36. The molecule has 0 unspecified atom stereocenters. The van der Waals surface area contributed by atoms with E-state index in [0.29, 0.717) is 0 Å². The van der Waals surface area contributed by atoms with Crippen LogP contribution in [0.5, 0.6) is 5.75 Å². The Morgan fingerprint density at radius 1 is 1.30 bits per heavy atom. The predicted octanol–water partition coefficient (Wildman–Crippen LogP) is 3.45. The first-order valence-corrected chi connectivity index (χ1v) is 8.43. The number of alkyl halides is 3. The zero-order chi connectivity index (χ0) is 16.9. The minimum absolute atomic E-state index is 0.116. The van der Waals surface area contributed by atoms with E-state index in [2.05, 4.69) is 10.1 Å². The number of rotatable bonds is 4. The molecule has 0 bridgehead atoms. The van der Waals surface area contributed by atoms with Crippen LogP contribution in [0.4, 0.5) is 18.0 Å². The number of halogens is 3. The SMILES string of the molecule is C[C@H](NC(=O)N1CCSCC1)c1ccc(OCC(F)(F)F)cc1. The number of hydrogen-bond donors (Lipinski definition) is 1. The second kappa shape index (κ2) is 7.81. The van der Waals surface area contributed by atoms with Gasteiger partial charge in [0, 0.05) is 24.6 Å². The average molecular weight is 348 g/mol. The maximum atomic E-state index is 12.1. The maximum absolute atomic E-state index is 12.1. The molecule has 1 aromatic rings. The number of ether oxygens (including phenoxy) is 1. The minimum Gasteiger partial charge on any atom is -0.484 e. The summed E-state index contributed by atoms with van der Waals surface area (Å²) >= 11 is 1.82. The molecule has 1 aliphatic heterocycles. The van der Waals surface area contributed by atoms with Crippen LogP contribution >= 0.6 is 11.8 Å². The van der Waals surface area contributed by atoms with Crippen molar-refractivity contribution < 1.29 is 22.7 Å². The quantitative estimate of drug-likeness (QED) is 0.906. The number of hydrogen-bond acceptors (Lipinski definition) is 3. The lowest BCUT2D eigenvalue weighted by Crippen LogP contribution is -2.45. The molecule has 1 saturated heterocycles. The fourth-order valence-corrected chi connectivity index (χ4v) is 3.05. The first kappa shape index (κ1) is 17.8. The van der Waals surface area contributed by atoms with Crippen molar-refractivity contribution in [3.63, 3.8) is 0 Å². The Hall–Kier alpha value is -1.57. The van der Waals surface area contributed by atoms with E-state index in [0.717, 1.165) is 30.2 Å². The highest BCUT2D eigenvalue weighted by Crippen LogP contribution is 2.21. The molecule has 2 rings (SSSR count). The highest BCUT2D eigenvalue weighted by Gasteiger charge is 2.28. The number of urea groups is 1. The first-order chi connectivity index (χ1) is 10.8. The molecule has 1 aliphatic rings. The normalized spacial score (nSPS) is 16.8. The van der Waals surface area contributed by atoms with Gasteiger partial charge in [-0.3, -0.25) is 0 Å². The zero-order valence-corrected chi connectivity index (χ0v) is 13.5. The standard InChI is InChI=1S/C15H19F3N2O2S/c1-11(19-14(21)20-6-8-23-9-7-20)12-2-4-13(5-3-12)22-10-15(16,17)18/h2-5,11H,6-10H2,1H3,(H,19,21)/t11-/m0/s1. The van der Waals surface area contributed by atoms with Gasteiger partial charge in [-0.25, -0.2) is 4.79 Å². The smallest absolute Gasteiger partial charge is 0.422 e. The van der Waals surface area contributed by atoms with Crippen molar-refractivity contribution in [3.8, 4) is 5.75 Å². The van der Waals surface area contributed by atoms with Crippen LogP contribution in [0.3, 0.4) is 0 Å². The minimum atomic E-state index is -4.35. The molecule has 4 nitrogen and oxygen atoms in total. The molecule has 1 fully saturated rings. The molecule has 0 radical (unpaired) electrons. The van der Waals surface area contributed by atoms with E-state index in [9.17, 15) is 18.0 Å². The van der Waals surface area contributed by atoms with Crippen LogP contribution in [-0.2, 0) is 0 Å². The molecule has 0 saturated carbocycles. The Labute approximate surface area is 137 Å². The molecular weight excluding hydrogens is 329 g/mol. The van der Waals surface area contributed by atoms with Crippen molar-refractivity contribution in [3.05, 3.63) is 29.8 Å². The summed E-state index contributed by atoms with van der Waals surface area (Å²) in [5.41, 5.74) is 0.809. The monoisotopic (exact) mass is 348 g/mol. The van der Waals surface area contributed by atoms with E-state index < -0.39 is 12.8 Å². The van der Waals surface area contributed by atoms with E-state index >= 15 is 0 Å². The van der Waals surface area contributed by atoms with Gasteiger partial charge in [0.15, 0.2) is 6.61 Å². The molecule has 1 aromatic carbocycles. The van der Waals surface area contributed by atoms with Crippen LogP contribution in [0.25, 0.3) is 0 Å². The number of amides is 2. The molecule has 2 amide bonds. The van der Waals surface area contributed by atoms with E-state index in [4.69, 9.17) is 0 Å². The summed E-state index contributed by atoms with van der Waals surface area (Å²) in [5, 5.41) is 2.90. The van der Waals surface area contributed by atoms with Crippen LogP contribution in [0.1, 0.15) is 18.5 Å². The fourth-order valence-electron chi connectivity index (χ4n) is 2.14. The van der Waals surface area contributed by atoms with Gasteiger partial charge in [-0.2, -0.15) is 24.9 Å². The van der Waals surface area contributed by atoms with E-state index in [1.54, 1.807) is 17.0 Å². The predicted molar refractivity (Wildman–Crippen MR) is 83.8 cm³/mol. The summed E-state index contributed by atoms with van der Waals surface area (Å²) in [6.45, 7) is 1.98. The molecule has 8 heteroatoms. The van der Waals surface area contributed by atoms with E-state index in [1.165, 1.54) is 12.1 Å². The van der Waals surface area contributed by atoms with Crippen LogP contribution in [-0.4, -0.2) is 48.3 Å². The Morgan fingerprint density at radius 3 is 2.48 bits per heavy atom. The molecule has 0 aromatic heterocycles. The Morgan fingerprint density at radius 2 is 1.91 bits per heavy atom. The lowest BCUT2D eigenvalue weighted by molar-refractivity contribution is -0.153. The number of nitrogens with one attached hydrogen (secondary N) is 1. The number of carbonyl (C=O) groups is 1. The molecular formula is C15H19F3N2O2S. The summed E-state index contributed by atoms with van der Waals surface area (Å²) in [5.74, 6) is 2.03. The Balaban J connectivity index is 1.86. The van der Waals surface area contributed by atoms with Gasteiger partial charge in [0.25, 0.3) is 0 Å². The van der Waals surface area contributed by atoms with E-state index in [-0.39, 0.29) is 17.8 Å². The molecule has 1 atom stereocenters. The largest absolute Gasteiger partial charge is 0.484 e. The van der Waals surface area contributed by atoms with Crippen molar-refractivity contribution >= 4 is 17.8 Å². The second-order valence-electron chi connectivity index (χ2n) is 5.24. The van der Waals surface area contributed by atoms with Crippen LogP contribution in [0, 0.1) is 0 Å². The Bertz CT molecular complexity index is 516. The van der Waals surface area contributed by atoms with Gasteiger partial charge >= 0.3 is 12.2 Å². The van der Waals surface area contributed by atoms with Gasteiger partial charge in [0.2, 0.25) is 0 Å². The third-order valence-electron chi connectivity index (χ3n) is 3.42. The molecule has 0 aliphatic carbocycles. The topological polar surface area (TPSA) is 41.6 Å². The number of nitrogens with zero attached hydrogens (tertiary/aromatic N) is 1. The summed E-state index contributed by atoms with van der Waals surface area (Å²) in [6.07, 6.45) is -4.35. The average Bonchev–Trinajstić information content (AvgIpc) is 2.53. The molecule has 1 N–H and O–H groups in total. The summed E-state index contributed by atoms with van der Waals surface area (Å²) < 4.78 is 40.9. The van der Waals surface area contributed by atoms with Gasteiger partial charge in [0.1, 0.15) is 5.75 Å². The van der Waals surface area contributed by atoms with Crippen LogP contribution < -0.4 is 10.1 Å². The summed E-state index contributed by atoms with van der Waals surface area (Å²) in [4.78, 5) is 13.9. The first-order valence-electron chi connectivity index (χ1n) is 7.28. The van der Waals surface area contributed by atoms with Crippen molar-refractivity contribution in [1.29, 1.82) is 0 Å². The van der Waals surface area contributed by atoms with Gasteiger partial charge in [0.05, 0.1) is 6.04 Å². The molecule has 0 spiro atoms. The zero-order valence-electron chi connectivity index (χ0n) is 12.7. The lowest BCUT2D eigenvalue weighted by Gasteiger charge is -2.28. The molecule has 1 heterocycles. The fraction of sp³-hybridized carbons (Fsp3) is 0.533. The Kier molecular flexibility index (Phi) is 6.04. The van der Waals surface area contributed by atoms with Gasteiger partial charge < -0.3 is 15.0 Å². The number of carbonyl (C=O) groups excluding carboxylic acids is 1. The van der Waals surface area contributed by atoms with Gasteiger partial charge in [-0.1, -0.05) is 12.1 Å². The molecule has 23 heavy (non-hydrogen) atoms. The maximum Gasteiger partial charge on any atom is 0.422 e. The van der Waals surface area contributed by atoms with Crippen LogP contribution in [0.15, 0.2) is 24.3 Å². The van der Waals surface area contributed by atoms with E-state index in [1.807, 2.05) is 18.7 Å². The third kappa shape index (κ3) is 5.85. The highest BCUT2D eigenvalue weighted by molar-refractivity contribution is 7.99. The second-order valence-corrected chi connectivity index (χ2v) is 6.47. The van der Waals surface area contributed by atoms with Crippen molar-refractivity contribution in [2.45, 2.75) is 19.1 Å². The van der Waals surface area contributed by atoms with Crippen LogP contribution in [0.2, 0.25) is 0 Å². The van der Waals surface area contributed by atoms with Crippen molar-refractivity contribution in [2.75, 3.05) is 31.2 Å². The summed E-state index contributed by atoms with van der Waals surface area (Å²) in [6, 6.07) is 5.91. The lowest BCUT2D eigenvalue weighted by atomic mass is 10.1. The van der Waals surface area contributed by atoms with Crippen molar-refractivity contribution in [2.24, 2.45) is 0 Å². The van der Waals surface area contributed by atoms with Crippen molar-refractivity contribution in [1.82, 2.24) is 10.2 Å². The highest BCUT2D eigenvalue weighted by atomic mass is 32.2. The molecule has 128 valence electrons. The number of benzene rings is 1. The number of thioether (sulfide) groups is 1.